The Morgan fingerprint density at radius 3 is 2.06 bits per heavy atom. The first kappa shape index (κ1) is 13.5. The Balaban J connectivity index is 2.49. The smallest absolute Gasteiger partial charge is 0.309 e. The van der Waals surface area contributed by atoms with E-state index in [9.17, 15) is 4.79 Å². The van der Waals surface area contributed by atoms with Crippen LogP contribution in [-0.2, 0) is 9.53 Å². The van der Waals surface area contributed by atoms with Gasteiger partial charge in [-0.1, -0.05) is 26.2 Å². The summed E-state index contributed by atoms with van der Waals surface area (Å²) >= 11 is 0. The van der Waals surface area contributed by atoms with Gasteiger partial charge in [0.2, 0.25) is 0 Å². The number of carbonyl (C=O) groups is 1. The lowest BCUT2D eigenvalue weighted by Crippen LogP contribution is -2.42. The van der Waals surface area contributed by atoms with Crippen LogP contribution >= 0.6 is 0 Å². The van der Waals surface area contributed by atoms with Crippen LogP contribution in [0.1, 0.15) is 46.0 Å². The van der Waals surface area contributed by atoms with Gasteiger partial charge >= 0.3 is 5.97 Å². The highest BCUT2D eigenvalue weighted by Crippen LogP contribution is 2.17. The molecule has 0 amide bonds. The van der Waals surface area contributed by atoms with Crippen LogP contribution in [0.4, 0.5) is 0 Å². The van der Waals surface area contributed by atoms with Gasteiger partial charge in [-0.2, -0.15) is 0 Å². The van der Waals surface area contributed by atoms with Crippen LogP contribution in [0.2, 0.25) is 0 Å². The summed E-state index contributed by atoms with van der Waals surface area (Å²) in [7, 11) is 1.47. The van der Waals surface area contributed by atoms with Gasteiger partial charge in [-0.15, -0.1) is 0 Å². The van der Waals surface area contributed by atoms with E-state index in [1.807, 2.05) is 6.92 Å². The van der Waals surface area contributed by atoms with Gasteiger partial charge in [0.15, 0.2) is 0 Å². The summed E-state index contributed by atoms with van der Waals surface area (Å²) in [4.78, 5) is 13.9. The van der Waals surface area contributed by atoms with Crippen molar-refractivity contribution in [2.45, 2.75) is 52.0 Å². The minimum absolute atomic E-state index is 0.0237. The molecule has 1 fully saturated rings. The van der Waals surface area contributed by atoms with Crippen LogP contribution in [0.25, 0.3) is 0 Å². The number of rotatable bonds is 3. The SMILES string of the molecule is COC(=O)C(C)C(C)N1CCCCCCC1. The Kier molecular flexibility index (Phi) is 5.81. The zero-order valence-electron chi connectivity index (χ0n) is 10.9. The number of nitrogens with zero attached hydrogens (tertiary/aromatic N) is 1. The van der Waals surface area contributed by atoms with Crippen molar-refractivity contribution in [1.82, 2.24) is 4.90 Å². The summed E-state index contributed by atoms with van der Waals surface area (Å²) in [5.74, 6) is -0.112. The van der Waals surface area contributed by atoms with Gasteiger partial charge in [-0.05, 0) is 32.9 Å². The predicted octanol–water partition coefficient (Wildman–Crippen LogP) is 2.45. The third-order valence-corrected chi connectivity index (χ3v) is 3.76. The van der Waals surface area contributed by atoms with E-state index in [-0.39, 0.29) is 11.9 Å². The highest BCUT2D eigenvalue weighted by Gasteiger charge is 2.26. The largest absolute Gasteiger partial charge is 0.469 e. The molecular formula is C13H25NO2. The maximum atomic E-state index is 11.5. The van der Waals surface area contributed by atoms with E-state index in [2.05, 4.69) is 11.8 Å². The summed E-state index contributed by atoms with van der Waals surface area (Å²) < 4.78 is 4.81. The highest BCUT2D eigenvalue weighted by atomic mass is 16.5. The molecule has 0 aromatic heterocycles. The van der Waals surface area contributed by atoms with E-state index in [0.29, 0.717) is 6.04 Å². The zero-order chi connectivity index (χ0) is 12.0. The summed E-state index contributed by atoms with van der Waals surface area (Å²) in [6, 6.07) is 0.297. The normalized spacial score (nSPS) is 22.9. The highest BCUT2D eigenvalue weighted by molar-refractivity contribution is 5.72. The van der Waals surface area contributed by atoms with Crippen LogP contribution in [0.3, 0.4) is 0 Å². The third kappa shape index (κ3) is 3.78. The average molecular weight is 227 g/mol. The van der Waals surface area contributed by atoms with Crippen molar-refractivity contribution in [1.29, 1.82) is 0 Å². The molecule has 1 saturated heterocycles. The van der Waals surface area contributed by atoms with Crippen LogP contribution in [0, 0.1) is 5.92 Å². The van der Waals surface area contributed by atoms with Crippen LogP contribution in [0.5, 0.6) is 0 Å². The first-order valence-electron chi connectivity index (χ1n) is 6.48. The predicted molar refractivity (Wildman–Crippen MR) is 65.3 cm³/mol. The van der Waals surface area contributed by atoms with E-state index in [1.165, 1.54) is 39.2 Å². The molecule has 1 heterocycles. The maximum absolute atomic E-state index is 11.5. The number of methoxy groups -OCH3 is 1. The standard InChI is InChI=1S/C13H25NO2/c1-11(13(15)16-3)12(2)14-9-7-5-4-6-8-10-14/h11-12H,4-10H2,1-3H3. The van der Waals surface area contributed by atoms with Crippen molar-refractivity contribution in [3.63, 3.8) is 0 Å². The summed E-state index contributed by atoms with van der Waals surface area (Å²) in [5, 5.41) is 0. The fourth-order valence-electron chi connectivity index (χ4n) is 2.38. The molecule has 0 spiro atoms. The molecule has 2 atom stereocenters. The Morgan fingerprint density at radius 1 is 1.06 bits per heavy atom. The molecule has 0 N–H and O–H groups in total. The minimum atomic E-state index is -0.0884. The fourth-order valence-corrected chi connectivity index (χ4v) is 2.38. The van der Waals surface area contributed by atoms with Gasteiger partial charge in [0.05, 0.1) is 13.0 Å². The van der Waals surface area contributed by atoms with Gasteiger partial charge in [-0.3, -0.25) is 9.69 Å². The van der Waals surface area contributed by atoms with Crippen LogP contribution < -0.4 is 0 Å². The molecular weight excluding hydrogens is 202 g/mol. The van der Waals surface area contributed by atoms with Gasteiger partial charge < -0.3 is 4.74 Å². The van der Waals surface area contributed by atoms with Crippen molar-refractivity contribution in [3.05, 3.63) is 0 Å². The number of carbonyl (C=O) groups excluding carboxylic acids is 1. The van der Waals surface area contributed by atoms with Crippen LogP contribution in [-0.4, -0.2) is 37.1 Å². The Labute approximate surface area is 99.1 Å². The molecule has 0 aliphatic carbocycles. The molecule has 16 heavy (non-hydrogen) atoms. The third-order valence-electron chi connectivity index (χ3n) is 3.76. The average Bonchev–Trinajstić information content (AvgIpc) is 2.26. The number of hydrogen-bond donors (Lipinski definition) is 0. The minimum Gasteiger partial charge on any atom is -0.469 e. The van der Waals surface area contributed by atoms with E-state index < -0.39 is 0 Å². The van der Waals surface area contributed by atoms with Crippen molar-refractivity contribution in [2.75, 3.05) is 20.2 Å². The van der Waals surface area contributed by atoms with Gasteiger partial charge in [0, 0.05) is 6.04 Å². The van der Waals surface area contributed by atoms with Gasteiger partial charge in [-0.25, -0.2) is 0 Å². The Bertz CT molecular complexity index is 210. The molecule has 3 heteroatoms. The van der Waals surface area contributed by atoms with E-state index in [4.69, 9.17) is 4.74 Å². The van der Waals surface area contributed by atoms with Crippen molar-refractivity contribution in [3.8, 4) is 0 Å². The number of ether oxygens (including phenoxy) is 1. The second-order valence-electron chi connectivity index (χ2n) is 4.86. The van der Waals surface area contributed by atoms with Crippen LogP contribution in [0.15, 0.2) is 0 Å². The zero-order valence-corrected chi connectivity index (χ0v) is 10.9. The molecule has 0 saturated carbocycles. The fraction of sp³-hybridized carbons (Fsp3) is 0.923. The van der Waals surface area contributed by atoms with Crippen molar-refractivity contribution >= 4 is 5.97 Å². The van der Waals surface area contributed by atoms with E-state index in [1.54, 1.807) is 0 Å². The van der Waals surface area contributed by atoms with Gasteiger partial charge in [0.25, 0.3) is 0 Å². The Hall–Kier alpha value is -0.570. The molecule has 0 radical (unpaired) electrons. The molecule has 2 unspecified atom stereocenters. The summed E-state index contributed by atoms with van der Waals surface area (Å²) in [6.07, 6.45) is 6.55. The summed E-state index contributed by atoms with van der Waals surface area (Å²) in [6.45, 7) is 6.36. The second kappa shape index (κ2) is 6.89. The molecule has 3 nitrogen and oxygen atoms in total. The first-order chi connectivity index (χ1) is 7.66. The lowest BCUT2D eigenvalue weighted by atomic mass is 9.99. The topological polar surface area (TPSA) is 29.5 Å². The molecule has 1 rings (SSSR count). The van der Waals surface area contributed by atoms with Crippen molar-refractivity contribution < 1.29 is 9.53 Å². The Morgan fingerprint density at radius 2 is 1.56 bits per heavy atom. The molecule has 0 aromatic carbocycles. The first-order valence-corrected chi connectivity index (χ1v) is 6.48. The molecule has 94 valence electrons. The maximum Gasteiger partial charge on any atom is 0.309 e. The monoisotopic (exact) mass is 227 g/mol. The van der Waals surface area contributed by atoms with E-state index >= 15 is 0 Å². The number of esters is 1. The molecule has 1 aliphatic rings. The van der Waals surface area contributed by atoms with E-state index in [0.717, 1.165) is 13.1 Å². The van der Waals surface area contributed by atoms with Gasteiger partial charge in [0.1, 0.15) is 0 Å². The lowest BCUT2D eigenvalue weighted by Gasteiger charge is -2.33. The molecule has 1 aliphatic heterocycles. The summed E-state index contributed by atoms with van der Waals surface area (Å²) in [5.41, 5.74) is 0. The number of likely N-dealkylation sites (tertiary alicyclic amines) is 1. The molecule has 0 bridgehead atoms. The quantitative estimate of drug-likeness (QED) is 0.694. The second-order valence-corrected chi connectivity index (χ2v) is 4.86. The number of hydrogen-bond acceptors (Lipinski definition) is 3. The molecule has 0 aromatic rings. The lowest BCUT2D eigenvalue weighted by molar-refractivity contribution is -0.147. The van der Waals surface area contributed by atoms with Crippen molar-refractivity contribution in [2.24, 2.45) is 5.92 Å².